The van der Waals surface area contributed by atoms with E-state index < -0.39 is 0 Å². The lowest BCUT2D eigenvalue weighted by molar-refractivity contribution is 0.102. The molecule has 1 N–H and O–H groups in total. The van der Waals surface area contributed by atoms with Crippen molar-refractivity contribution < 1.29 is 9.53 Å². The van der Waals surface area contributed by atoms with Crippen LogP contribution >= 0.6 is 0 Å². The molecule has 0 aliphatic rings. The van der Waals surface area contributed by atoms with Gasteiger partial charge in [0.15, 0.2) is 0 Å². The number of nitrogens with zero attached hydrogens (tertiary/aromatic N) is 1. The highest BCUT2D eigenvalue weighted by molar-refractivity contribution is 6.09. The molecule has 1 heterocycles. The number of anilines is 1. The molecule has 0 saturated carbocycles. The van der Waals surface area contributed by atoms with Crippen LogP contribution in [0.5, 0.6) is 5.75 Å². The van der Waals surface area contributed by atoms with Crippen molar-refractivity contribution in [3.8, 4) is 5.75 Å². The third kappa shape index (κ3) is 3.54. The topological polar surface area (TPSA) is 51.2 Å². The molecule has 1 amide bonds. The Labute approximate surface area is 141 Å². The summed E-state index contributed by atoms with van der Waals surface area (Å²) in [5, 5.41) is 3.83. The molecule has 24 heavy (non-hydrogen) atoms. The number of pyridine rings is 1. The van der Waals surface area contributed by atoms with Crippen LogP contribution in [0.25, 0.3) is 10.9 Å². The zero-order valence-corrected chi connectivity index (χ0v) is 13.7. The van der Waals surface area contributed by atoms with Crippen molar-refractivity contribution in [2.24, 2.45) is 0 Å². The van der Waals surface area contributed by atoms with Gasteiger partial charge in [0, 0.05) is 17.1 Å². The van der Waals surface area contributed by atoms with Crippen LogP contribution in [0, 0.1) is 0 Å². The molecule has 0 aliphatic heterocycles. The average molecular weight is 320 g/mol. The Bertz CT molecular complexity index is 831. The lowest BCUT2D eigenvalue weighted by Crippen LogP contribution is -2.12. The smallest absolute Gasteiger partial charge is 0.255 e. The molecule has 0 unspecified atom stereocenters. The van der Waals surface area contributed by atoms with Gasteiger partial charge >= 0.3 is 0 Å². The predicted molar refractivity (Wildman–Crippen MR) is 96.5 cm³/mol. The Hall–Kier alpha value is -2.88. The average Bonchev–Trinajstić information content (AvgIpc) is 2.64. The Morgan fingerprint density at radius 2 is 1.92 bits per heavy atom. The minimum Gasteiger partial charge on any atom is -0.491 e. The number of aromatic nitrogens is 1. The third-order valence-electron chi connectivity index (χ3n) is 3.77. The van der Waals surface area contributed by atoms with Gasteiger partial charge in [-0.15, -0.1) is 0 Å². The maximum Gasteiger partial charge on any atom is 0.255 e. The van der Waals surface area contributed by atoms with Crippen molar-refractivity contribution in [2.75, 3.05) is 11.9 Å². The van der Waals surface area contributed by atoms with Crippen molar-refractivity contribution in [2.45, 2.75) is 19.8 Å². The number of carbonyl (C=O) groups excluding carboxylic acids is 1. The third-order valence-corrected chi connectivity index (χ3v) is 3.77. The summed E-state index contributed by atoms with van der Waals surface area (Å²) in [5.41, 5.74) is 2.12. The van der Waals surface area contributed by atoms with Crippen LogP contribution < -0.4 is 10.1 Å². The number of benzene rings is 2. The van der Waals surface area contributed by atoms with E-state index >= 15 is 0 Å². The highest BCUT2D eigenvalue weighted by atomic mass is 16.5. The van der Waals surface area contributed by atoms with Gasteiger partial charge in [0.05, 0.1) is 12.3 Å². The summed E-state index contributed by atoms with van der Waals surface area (Å²) in [6, 6.07) is 16.7. The van der Waals surface area contributed by atoms with Gasteiger partial charge in [0.2, 0.25) is 0 Å². The van der Waals surface area contributed by atoms with E-state index in [0.29, 0.717) is 12.2 Å². The molecule has 1 aromatic heterocycles. The number of hydrogen-bond acceptors (Lipinski definition) is 3. The monoisotopic (exact) mass is 320 g/mol. The number of ether oxygens (including phenoxy) is 1. The standard InChI is InChI=1S/C20H20N2O2/c1-2-3-14-24-18-12-11-17(16-10-7-13-21-19(16)18)22-20(23)15-8-5-4-6-9-15/h4-13H,2-3,14H2,1H3,(H,22,23). The van der Waals surface area contributed by atoms with Crippen molar-refractivity contribution in [3.63, 3.8) is 0 Å². The van der Waals surface area contributed by atoms with Gasteiger partial charge in [-0.05, 0) is 42.8 Å². The first-order chi connectivity index (χ1) is 11.8. The normalized spacial score (nSPS) is 10.5. The second kappa shape index (κ2) is 7.59. The molecular weight excluding hydrogens is 300 g/mol. The summed E-state index contributed by atoms with van der Waals surface area (Å²) >= 11 is 0. The summed E-state index contributed by atoms with van der Waals surface area (Å²) in [6.45, 7) is 2.79. The SMILES string of the molecule is CCCCOc1ccc(NC(=O)c2ccccc2)c2cccnc12. The molecule has 0 fully saturated rings. The Balaban J connectivity index is 1.89. The number of amides is 1. The molecule has 0 spiro atoms. The largest absolute Gasteiger partial charge is 0.491 e. The van der Waals surface area contributed by atoms with Gasteiger partial charge in [-0.3, -0.25) is 9.78 Å². The molecule has 0 bridgehead atoms. The van der Waals surface area contributed by atoms with Crippen LogP contribution in [0.4, 0.5) is 5.69 Å². The molecule has 0 aliphatic carbocycles. The van der Waals surface area contributed by atoms with Crippen LogP contribution in [0.2, 0.25) is 0 Å². The van der Waals surface area contributed by atoms with Crippen LogP contribution in [-0.4, -0.2) is 17.5 Å². The molecule has 0 radical (unpaired) electrons. The fourth-order valence-electron chi connectivity index (χ4n) is 2.48. The van der Waals surface area contributed by atoms with Crippen LogP contribution in [0.15, 0.2) is 60.8 Å². The first kappa shape index (κ1) is 16.0. The van der Waals surface area contributed by atoms with Crippen LogP contribution in [0.1, 0.15) is 30.1 Å². The fourth-order valence-corrected chi connectivity index (χ4v) is 2.48. The van der Waals surface area contributed by atoms with Gasteiger partial charge in [0.1, 0.15) is 11.3 Å². The second-order valence-corrected chi connectivity index (χ2v) is 5.53. The molecule has 3 aromatic rings. The predicted octanol–water partition coefficient (Wildman–Crippen LogP) is 4.67. The number of unbranched alkanes of at least 4 members (excludes halogenated alkanes) is 1. The summed E-state index contributed by atoms with van der Waals surface area (Å²) in [7, 11) is 0. The lowest BCUT2D eigenvalue weighted by atomic mass is 10.1. The molecular formula is C20H20N2O2. The van der Waals surface area contributed by atoms with E-state index in [0.717, 1.165) is 35.2 Å². The molecule has 2 aromatic carbocycles. The van der Waals surface area contributed by atoms with E-state index in [9.17, 15) is 4.79 Å². The van der Waals surface area contributed by atoms with Crippen molar-refractivity contribution >= 4 is 22.5 Å². The zero-order chi connectivity index (χ0) is 16.8. The molecule has 4 nitrogen and oxygen atoms in total. The fraction of sp³-hybridized carbons (Fsp3) is 0.200. The number of fused-ring (bicyclic) bond motifs is 1. The van der Waals surface area contributed by atoms with Gasteiger partial charge < -0.3 is 10.1 Å². The van der Waals surface area contributed by atoms with E-state index in [2.05, 4.69) is 17.2 Å². The molecule has 0 saturated heterocycles. The van der Waals surface area contributed by atoms with Gasteiger partial charge in [0.25, 0.3) is 5.91 Å². The van der Waals surface area contributed by atoms with E-state index in [-0.39, 0.29) is 5.91 Å². The maximum absolute atomic E-state index is 12.4. The van der Waals surface area contributed by atoms with Crippen molar-refractivity contribution in [1.82, 2.24) is 4.98 Å². The van der Waals surface area contributed by atoms with Crippen LogP contribution in [0.3, 0.4) is 0 Å². The number of nitrogens with one attached hydrogen (secondary N) is 1. The van der Waals surface area contributed by atoms with E-state index in [1.54, 1.807) is 18.3 Å². The first-order valence-electron chi connectivity index (χ1n) is 8.16. The molecule has 3 rings (SSSR count). The Kier molecular flexibility index (Phi) is 5.06. The summed E-state index contributed by atoms with van der Waals surface area (Å²) < 4.78 is 5.83. The van der Waals surface area contributed by atoms with Gasteiger partial charge in [-0.1, -0.05) is 31.5 Å². The highest BCUT2D eigenvalue weighted by Gasteiger charge is 2.11. The molecule has 4 heteroatoms. The number of hydrogen-bond donors (Lipinski definition) is 1. The van der Waals surface area contributed by atoms with Gasteiger partial charge in [-0.25, -0.2) is 0 Å². The Morgan fingerprint density at radius 3 is 2.71 bits per heavy atom. The summed E-state index contributed by atoms with van der Waals surface area (Å²) in [5.74, 6) is 0.608. The second-order valence-electron chi connectivity index (χ2n) is 5.53. The number of rotatable bonds is 6. The molecule has 0 atom stereocenters. The molecule has 122 valence electrons. The van der Waals surface area contributed by atoms with E-state index in [1.165, 1.54) is 0 Å². The first-order valence-corrected chi connectivity index (χ1v) is 8.16. The van der Waals surface area contributed by atoms with Crippen LogP contribution in [-0.2, 0) is 0 Å². The Morgan fingerprint density at radius 1 is 1.08 bits per heavy atom. The van der Waals surface area contributed by atoms with E-state index in [1.807, 2.05) is 42.5 Å². The lowest BCUT2D eigenvalue weighted by Gasteiger charge is -2.12. The quantitative estimate of drug-likeness (QED) is 0.672. The zero-order valence-electron chi connectivity index (χ0n) is 13.7. The van der Waals surface area contributed by atoms with Crippen molar-refractivity contribution in [3.05, 3.63) is 66.4 Å². The van der Waals surface area contributed by atoms with Gasteiger partial charge in [-0.2, -0.15) is 0 Å². The summed E-state index contributed by atoms with van der Waals surface area (Å²) in [6.07, 6.45) is 3.81. The minimum atomic E-state index is -0.139. The minimum absolute atomic E-state index is 0.139. The summed E-state index contributed by atoms with van der Waals surface area (Å²) in [4.78, 5) is 16.8. The van der Waals surface area contributed by atoms with Crippen molar-refractivity contribution in [1.29, 1.82) is 0 Å². The number of carbonyl (C=O) groups is 1. The highest BCUT2D eigenvalue weighted by Crippen LogP contribution is 2.30. The van der Waals surface area contributed by atoms with E-state index in [4.69, 9.17) is 4.74 Å². The maximum atomic E-state index is 12.4.